The SMILES string of the molecule is C=CC(=O)N1CCN2c3c(c(=O)n(C4C(=C)C=CN=C4C(C)C)c4nc(-c5c(F)cccc5OC)c(Cl)cc34)N(C)C(=O)[C@H]2C1. The van der Waals surface area contributed by atoms with Gasteiger partial charge < -0.3 is 19.4 Å². The van der Waals surface area contributed by atoms with Gasteiger partial charge in [0.1, 0.15) is 35.0 Å². The van der Waals surface area contributed by atoms with E-state index >= 15 is 4.39 Å². The highest BCUT2D eigenvalue weighted by molar-refractivity contribution is 6.34. The van der Waals surface area contributed by atoms with Crippen LogP contribution in [0.1, 0.15) is 19.9 Å². The summed E-state index contributed by atoms with van der Waals surface area (Å²) >= 11 is 6.90. The molecule has 0 bridgehead atoms. The van der Waals surface area contributed by atoms with Crippen LogP contribution in [0.3, 0.4) is 0 Å². The molecule has 2 aromatic heterocycles. The molecule has 2 amide bonds. The largest absolute Gasteiger partial charge is 0.496 e. The zero-order valence-corrected chi connectivity index (χ0v) is 26.1. The molecule has 232 valence electrons. The highest BCUT2D eigenvalue weighted by Gasteiger charge is 2.45. The highest BCUT2D eigenvalue weighted by atomic mass is 35.5. The second kappa shape index (κ2) is 11.3. The molecule has 6 rings (SSSR count). The molecule has 0 N–H and O–H groups in total. The Balaban J connectivity index is 1.71. The van der Waals surface area contributed by atoms with Crippen molar-refractivity contribution in [1.82, 2.24) is 14.5 Å². The molecule has 3 aliphatic rings. The molecule has 10 nitrogen and oxygen atoms in total. The predicted molar refractivity (Wildman–Crippen MR) is 174 cm³/mol. The number of rotatable bonds is 5. The number of piperazine rings is 1. The number of carbonyl (C=O) groups is 2. The molecule has 0 aliphatic carbocycles. The average Bonchev–Trinajstić information content (AvgIpc) is 3.02. The van der Waals surface area contributed by atoms with Crippen LogP contribution in [0.4, 0.5) is 15.8 Å². The number of allylic oxidation sites excluding steroid dienone is 2. The fraction of sp³-hybridized carbons (Fsp3) is 0.303. The Hall–Kier alpha value is -4.77. The lowest BCUT2D eigenvalue weighted by molar-refractivity contribution is -0.128. The minimum atomic E-state index is -0.760. The second-order valence-electron chi connectivity index (χ2n) is 11.5. The standard InChI is InChI=1S/C33H32ClFN6O4/c1-7-24(42)39-13-14-40-22(16-39)32(43)38(5)30-29(40)19-15-20(34)27(25-21(35)9-8-10-23(25)45-6)37-31(19)41(33(30)44)28-18(4)11-12-36-26(28)17(2)3/h7-12,15,17,22,28H,1,4,13-14,16H2,2-3,5-6H3/t22-,28?/m1/s1. The number of halogens is 2. The first-order chi connectivity index (χ1) is 21.5. The minimum absolute atomic E-state index is 0.0467. The van der Waals surface area contributed by atoms with Gasteiger partial charge in [-0.05, 0) is 41.8 Å². The first-order valence-electron chi connectivity index (χ1n) is 14.5. The lowest BCUT2D eigenvalue weighted by atomic mass is 9.92. The van der Waals surface area contributed by atoms with Gasteiger partial charge in [-0.15, -0.1) is 0 Å². The van der Waals surface area contributed by atoms with Gasteiger partial charge in [0, 0.05) is 37.4 Å². The Morgan fingerprint density at radius 1 is 1.22 bits per heavy atom. The first kappa shape index (κ1) is 30.3. The molecule has 45 heavy (non-hydrogen) atoms. The fourth-order valence-electron chi connectivity index (χ4n) is 6.45. The van der Waals surface area contributed by atoms with Gasteiger partial charge in [0.25, 0.3) is 11.5 Å². The van der Waals surface area contributed by atoms with E-state index in [2.05, 4.69) is 18.2 Å². The molecule has 5 heterocycles. The fourth-order valence-corrected chi connectivity index (χ4v) is 6.69. The van der Waals surface area contributed by atoms with E-state index in [1.165, 1.54) is 34.8 Å². The van der Waals surface area contributed by atoms with Crippen molar-refractivity contribution in [2.24, 2.45) is 10.9 Å². The maximum Gasteiger partial charge on any atom is 0.279 e. The number of aromatic nitrogens is 2. The number of ether oxygens (including phenoxy) is 1. The Morgan fingerprint density at radius 3 is 2.67 bits per heavy atom. The van der Waals surface area contributed by atoms with E-state index in [1.54, 1.807) is 36.4 Å². The Kier molecular flexibility index (Phi) is 7.60. The molecular weight excluding hydrogens is 599 g/mol. The van der Waals surface area contributed by atoms with Gasteiger partial charge in [0.15, 0.2) is 0 Å². The summed E-state index contributed by atoms with van der Waals surface area (Å²) in [6, 6.07) is 4.56. The van der Waals surface area contributed by atoms with Gasteiger partial charge in [-0.3, -0.25) is 23.9 Å². The third-order valence-electron chi connectivity index (χ3n) is 8.62. The number of amides is 2. The van der Waals surface area contributed by atoms with Crippen molar-refractivity contribution in [3.63, 3.8) is 0 Å². The summed E-state index contributed by atoms with van der Waals surface area (Å²) in [4.78, 5) is 55.4. The summed E-state index contributed by atoms with van der Waals surface area (Å²) in [5.41, 5.74) is 1.73. The highest BCUT2D eigenvalue weighted by Crippen LogP contribution is 2.45. The number of hydrogen-bond donors (Lipinski definition) is 0. The summed E-state index contributed by atoms with van der Waals surface area (Å²) < 4.78 is 22.4. The molecule has 0 saturated carbocycles. The third kappa shape index (κ3) is 4.64. The van der Waals surface area contributed by atoms with Gasteiger partial charge in [0.2, 0.25) is 5.91 Å². The number of benzene rings is 1. The molecule has 12 heteroatoms. The number of pyridine rings is 2. The number of carbonyl (C=O) groups excluding carboxylic acids is 2. The van der Waals surface area contributed by atoms with Gasteiger partial charge in [0.05, 0.1) is 35.6 Å². The van der Waals surface area contributed by atoms with E-state index < -0.39 is 23.5 Å². The van der Waals surface area contributed by atoms with Crippen LogP contribution in [0.15, 0.2) is 71.1 Å². The minimum Gasteiger partial charge on any atom is -0.496 e. The van der Waals surface area contributed by atoms with Gasteiger partial charge >= 0.3 is 0 Å². The number of nitrogens with zero attached hydrogens (tertiary/aromatic N) is 6. The lowest BCUT2D eigenvalue weighted by Gasteiger charge is -2.47. The van der Waals surface area contributed by atoms with Crippen molar-refractivity contribution in [3.05, 3.63) is 82.5 Å². The van der Waals surface area contributed by atoms with Crippen LogP contribution in [0.2, 0.25) is 5.02 Å². The van der Waals surface area contributed by atoms with Crippen molar-refractivity contribution in [2.75, 3.05) is 43.6 Å². The number of aliphatic imine (C=N–C) groups is 1. The molecule has 2 atom stereocenters. The quantitative estimate of drug-likeness (QED) is 0.377. The Labute approximate surface area is 264 Å². The molecular formula is C33H32ClFN6O4. The second-order valence-corrected chi connectivity index (χ2v) is 11.9. The molecule has 1 saturated heterocycles. The van der Waals surface area contributed by atoms with E-state index in [1.807, 2.05) is 18.7 Å². The maximum absolute atomic E-state index is 15.4. The molecule has 0 spiro atoms. The summed E-state index contributed by atoms with van der Waals surface area (Å²) in [6.07, 6.45) is 4.59. The Morgan fingerprint density at radius 2 is 1.98 bits per heavy atom. The van der Waals surface area contributed by atoms with Crippen LogP contribution in [0, 0.1) is 11.7 Å². The first-order valence-corrected chi connectivity index (χ1v) is 14.9. The number of fused-ring (bicyclic) bond motifs is 5. The van der Waals surface area contributed by atoms with Gasteiger partial charge in [-0.25, -0.2) is 9.37 Å². The van der Waals surface area contributed by atoms with Crippen molar-refractivity contribution < 1.29 is 18.7 Å². The molecule has 1 unspecified atom stereocenters. The van der Waals surface area contributed by atoms with Crippen LogP contribution in [-0.4, -0.2) is 71.8 Å². The molecule has 3 aliphatic heterocycles. The van der Waals surface area contributed by atoms with E-state index in [9.17, 15) is 14.4 Å². The summed E-state index contributed by atoms with van der Waals surface area (Å²) in [5, 5.41) is 0.599. The molecule has 1 fully saturated rings. The van der Waals surface area contributed by atoms with Crippen LogP contribution < -0.4 is 20.1 Å². The van der Waals surface area contributed by atoms with Crippen LogP contribution in [-0.2, 0) is 9.59 Å². The molecule has 3 aromatic rings. The topological polar surface area (TPSA) is 100 Å². The van der Waals surface area contributed by atoms with Crippen LogP contribution in [0.5, 0.6) is 5.75 Å². The van der Waals surface area contributed by atoms with E-state index in [4.69, 9.17) is 21.3 Å². The molecule has 0 radical (unpaired) electrons. The number of hydrogen-bond acceptors (Lipinski definition) is 7. The van der Waals surface area contributed by atoms with Crippen molar-refractivity contribution >= 4 is 51.5 Å². The Bertz CT molecular complexity index is 1930. The smallest absolute Gasteiger partial charge is 0.279 e. The van der Waals surface area contributed by atoms with Crippen LogP contribution >= 0.6 is 11.6 Å². The lowest BCUT2D eigenvalue weighted by Crippen LogP contribution is -2.63. The third-order valence-corrected chi connectivity index (χ3v) is 8.90. The normalized spacial score (nSPS) is 19.5. The van der Waals surface area contributed by atoms with Crippen LogP contribution in [0.25, 0.3) is 22.3 Å². The van der Waals surface area contributed by atoms with Gasteiger partial charge in [-0.2, -0.15) is 0 Å². The van der Waals surface area contributed by atoms with E-state index in [0.717, 1.165) is 0 Å². The van der Waals surface area contributed by atoms with E-state index in [0.29, 0.717) is 28.9 Å². The predicted octanol–water partition coefficient (Wildman–Crippen LogP) is 4.77. The monoisotopic (exact) mass is 630 g/mol. The summed E-state index contributed by atoms with van der Waals surface area (Å²) in [5.74, 6) is -1.07. The van der Waals surface area contributed by atoms with Crippen molar-refractivity contribution in [3.8, 4) is 17.0 Å². The van der Waals surface area contributed by atoms with Crippen molar-refractivity contribution in [1.29, 1.82) is 0 Å². The van der Waals surface area contributed by atoms with E-state index in [-0.39, 0.29) is 64.2 Å². The zero-order valence-electron chi connectivity index (χ0n) is 25.4. The number of likely N-dealkylation sites (N-methyl/N-ethyl adjacent to an activating group) is 1. The van der Waals surface area contributed by atoms with Crippen molar-refractivity contribution in [2.45, 2.75) is 25.9 Å². The van der Waals surface area contributed by atoms with Gasteiger partial charge in [-0.1, -0.05) is 44.7 Å². The average molecular weight is 631 g/mol. The zero-order chi connectivity index (χ0) is 32.3. The number of methoxy groups -OCH3 is 1. The summed E-state index contributed by atoms with van der Waals surface area (Å²) in [7, 11) is 2.97. The molecule has 1 aromatic carbocycles. The summed E-state index contributed by atoms with van der Waals surface area (Å²) in [6.45, 7) is 12.4. The number of anilines is 2. The maximum atomic E-state index is 15.4.